The molecule has 2 aromatic carbocycles. The van der Waals surface area contributed by atoms with Crippen molar-refractivity contribution in [1.29, 1.82) is 0 Å². The van der Waals surface area contributed by atoms with Crippen LogP contribution in [0.3, 0.4) is 0 Å². The van der Waals surface area contributed by atoms with E-state index in [1.807, 2.05) is 0 Å². The third-order valence-corrected chi connectivity index (χ3v) is 6.46. The zero-order chi connectivity index (χ0) is 24.4. The Balaban J connectivity index is 1.47. The van der Waals surface area contributed by atoms with Crippen LogP contribution in [0.25, 0.3) is 22.6 Å². The molecule has 4 N–H and O–H groups in total. The van der Waals surface area contributed by atoms with Gasteiger partial charge in [0, 0.05) is 38.3 Å². The quantitative estimate of drug-likeness (QED) is 0.357. The number of aromatic nitrogens is 5. The lowest BCUT2D eigenvalue weighted by atomic mass is 10.2. The van der Waals surface area contributed by atoms with E-state index in [1.54, 1.807) is 24.3 Å². The number of anilines is 2. The van der Waals surface area contributed by atoms with Crippen LogP contribution in [0.5, 0.6) is 0 Å². The monoisotopic (exact) mass is 495 g/mol. The first-order valence-electron chi connectivity index (χ1n) is 10.9. The van der Waals surface area contributed by atoms with E-state index in [2.05, 4.69) is 35.7 Å². The molecule has 1 saturated heterocycles. The highest BCUT2D eigenvalue weighted by atomic mass is 32.2. The smallest absolute Gasteiger partial charge is 0.238 e. The molecule has 0 bridgehead atoms. The van der Waals surface area contributed by atoms with Crippen molar-refractivity contribution in [3.63, 3.8) is 0 Å². The fourth-order valence-electron chi connectivity index (χ4n) is 3.70. The van der Waals surface area contributed by atoms with E-state index in [4.69, 9.17) is 10.1 Å². The molecular weight excluding hydrogens is 473 g/mol. The predicted molar refractivity (Wildman–Crippen MR) is 129 cm³/mol. The third-order valence-electron chi connectivity index (χ3n) is 5.53. The lowest BCUT2D eigenvalue weighted by Gasteiger charge is -2.29. The fraction of sp³-hybridized carbons (Fsp3) is 0.227. The summed E-state index contributed by atoms with van der Waals surface area (Å²) in [6, 6.07) is 12.1. The highest BCUT2D eigenvalue weighted by molar-refractivity contribution is 7.89. The van der Waals surface area contributed by atoms with Gasteiger partial charge in [-0.1, -0.05) is 12.1 Å². The molecule has 11 nitrogen and oxygen atoms in total. The summed E-state index contributed by atoms with van der Waals surface area (Å²) < 4.78 is 36.3. The van der Waals surface area contributed by atoms with E-state index in [0.29, 0.717) is 40.9 Å². The molecule has 5 rings (SSSR count). The average molecular weight is 496 g/mol. The summed E-state index contributed by atoms with van der Waals surface area (Å²) in [5.41, 5.74) is 2.29. The fourth-order valence-corrected chi connectivity index (χ4v) is 4.22. The van der Waals surface area contributed by atoms with Gasteiger partial charge in [0.1, 0.15) is 5.82 Å². The highest BCUT2D eigenvalue weighted by Crippen LogP contribution is 2.25. The minimum absolute atomic E-state index is 0.0440. The van der Waals surface area contributed by atoms with Crippen LogP contribution in [0.15, 0.2) is 53.4 Å². The molecule has 13 heteroatoms. The third kappa shape index (κ3) is 5.16. The van der Waals surface area contributed by atoms with Gasteiger partial charge in [-0.05, 0) is 42.0 Å². The van der Waals surface area contributed by atoms with E-state index in [-0.39, 0.29) is 10.7 Å². The molecule has 0 unspecified atom stereocenters. The SMILES string of the molecule is NS(=O)(=O)c1ccc(CNc2nc(N3CCNCC3)c3nc(-c4ccc(F)cc4)nnc3n2)cc1. The van der Waals surface area contributed by atoms with Crippen molar-refractivity contribution < 1.29 is 12.8 Å². The molecule has 1 aliphatic heterocycles. The second-order valence-electron chi connectivity index (χ2n) is 7.96. The Morgan fingerprint density at radius 3 is 2.37 bits per heavy atom. The number of piperazine rings is 1. The van der Waals surface area contributed by atoms with Crippen molar-refractivity contribution in [3.8, 4) is 11.4 Å². The molecule has 0 saturated carbocycles. The van der Waals surface area contributed by atoms with E-state index < -0.39 is 10.0 Å². The first-order chi connectivity index (χ1) is 16.9. The molecule has 1 fully saturated rings. The molecule has 0 spiro atoms. The molecule has 0 atom stereocenters. The topological polar surface area (TPSA) is 152 Å². The Hall–Kier alpha value is -3.81. The molecule has 3 heterocycles. The van der Waals surface area contributed by atoms with Crippen molar-refractivity contribution in [2.45, 2.75) is 11.4 Å². The van der Waals surface area contributed by atoms with Crippen LogP contribution in [0.2, 0.25) is 0 Å². The van der Waals surface area contributed by atoms with Crippen LogP contribution in [0.4, 0.5) is 16.2 Å². The molecule has 1 aliphatic rings. The van der Waals surface area contributed by atoms with E-state index in [9.17, 15) is 12.8 Å². The van der Waals surface area contributed by atoms with Gasteiger partial charge in [-0.3, -0.25) is 0 Å². The largest absolute Gasteiger partial charge is 0.352 e. The molecule has 2 aromatic heterocycles. The summed E-state index contributed by atoms with van der Waals surface area (Å²) in [5, 5.41) is 20.1. The standard InChI is InChI=1S/C22H22FN9O2S/c23-16-5-3-15(4-6-16)19-27-18-20(31-30-19)28-22(29-21(18)32-11-9-25-10-12-32)26-13-14-1-7-17(8-2-14)35(24,33)34/h1-8,25H,9-13H2,(H2,24,33,34)(H,26,28,29,31). The molecule has 4 aromatic rings. The molecule has 0 aliphatic carbocycles. The number of nitrogens with two attached hydrogens (primary N) is 1. The number of primary sulfonamides is 1. The van der Waals surface area contributed by atoms with Gasteiger partial charge in [-0.25, -0.2) is 22.9 Å². The van der Waals surface area contributed by atoms with Gasteiger partial charge in [0.15, 0.2) is 17.2 Å². The van der Waals surface area contributed by atoms with Gasteiger partial charge in [-0.2, -0.15) is 9.97 Å². The Morgan fingerprint density at radius 1 is 0.971 bits per heavy atom. The molecule has 0 radical (unpaired) electrons. The second kappa shape index (κ2) is 9.44. The van der Waals surface area contributed by atoms with Crippen LogP contribution < -0.4 is 20.7 Å². The maximum absolute atomic E-state index is 13.3. The number of hydrogen-bond acceptors (Lipinski definition) is 10. The number of fused-ring (bicyclic) bond motifs is 1. The summed E-state index contributed by atoms with van der Waals surface area (Å²) >= 11 is 0. The van der Waals surface area contributed by atoms with Crippen LogP contribution >= 0.6 is 0 Å². The van der Waals surface area contributed by atoms with Crippen LogP contribution in [0, 0.1) is 5.82 Å². The number of benzene rings is 2. The zero-order valence-corrected chi connectivity index (χ0v) is 19.3. The molecule has 35 heavy (non-hydrogen) atoms. The lowest BCUT2D eigenvalue weighted by molar-refractivity contribution is 0.586. The van der Waals surface area contributed by atoms with Crippen molar-refractivity contribution in [2.24, 2.45) is 5.14 Å². The summed E-state index contributed by atoms with van der Waals surface area (Å²) in [6.45, 7) is 3.42. The van der Waals surface area contributed by atoms with E-state index in [0.717, 1.165) is 31.7 Å². The predicted octanol–water partition coefficient (Wildman–Crippen LogP) is 1.29. The highest BCUT2D eigenvalue weighted by Gasteiger charge is 2.20. The maximum Gasteiger partial charge on any atom is 0.238 e. The van der Waals surface area contributed by atoms with Crippen molar-refractivity contribution in [1.82, 2.24) is 30.5 Å². The number of rotatable bonds is 6. The van der Waals surface area contributed by atoms with Gasteiger partial charge in [-0.15, -0.1) is 10.2 Å². The minimum Gasteiger partial charge on any atom is -0.352 e. The molecule has 0 amide bonds. The first-order valence-corrected chi connectivity index (χ1v) is 12.4. The number of nitrogens with zero attached hydrogens (tertiary/aromatic N) is 6. The second-order valence-corrected chi connectivity index (χ2v) is 9.53. The van der Waals surface area contributed by atoms with Crippen molar-refractivity contribution in [2.75, 3.05) is 36.4 Å². The van der Waals surface area contributed by atoms with Gasteiger partial charge in [0.2, 0.25) is 21.6 Å². The molecular formula is C22H22FN9O2S. The first kappa shape index (κ1) is 23.0. The number of sulfonamides is 1. The molecule has 180 valence electrons. The number of nitrogens with one attached hydrogen (secondary N) is 2. The Kier molecular flexibility index (Phi) is 6.19. The lowest BCUT2D eigenvalue weighted by Crippen LogP contribution is -2.44. The van der Waals surface area contributed by atoms with Crippen LogP contribution in [-0.4, -0.2) is 59.7 Å². The van der Waals surface area contributed by atoms with Crippen LogP contribution in [-0.2, 0) is 16.6 Å². The van der Waals surface area contributed by atoms with Gasteiger partial charge in [0.25, 0.3) is 0 Å². The maximum atomic E-state index is 13.3. The van der Waals surface area contributed by atoms with Crippen molar-refractivity contribution in [3.05, 3.63) is 59.9 Å². The summed E-state index contributed by atoms with van der Waals surface area (Å²) in [6.07, 6.45) is 0. The van der Waals surface area contributed by atoms with E-state index in [1.165, 1.54) is 24.3 Å². The summed E-state index contributed by atoms with van der Waals surface area (Å²) in [7, 11) is -3.75. The van der Waals surface area contributed by atoms with Gasteiger partial charge < -0.3 is 15.5 Å². The summed E-state index contributed by atoms with van der Waals surface area (Å²) in [5.74, 6) is 0.976. The summed E-state index contributed by atoms with van der Waals surface area (Å²) in [4.78, 5) is 16.0. The normalized spacial score (nSPS) is 14.3. The van der Waals surface area contributed by atoms with Crippen molar-refractivity contribution >= 4 is 33.0 Å². The Labute approximate surface area is 200 Å². The number of hydrogen-bond donors (Lipinski definition) is 3. The number of halogens is 1. The van der Waals surface area contributed by atoms with Crippen LogP contribution in [0.1, 0.15) is 5.56 Å². The Morgan fingerprint density at radius 2 is 1.69 bits per heavy atom. The minimum atomic E-state index is -3.75. The van der Waals surface area contributed by atoms with Gasteiger partial charge in [0.05, 0.1) is 4.90 Å². The average Bonchev–Trinajstić information content (AvgIpc) is 2.87. The zero-order valence-electron chi connectivity index (χ0n) is 18.5. The van der Waals surface area contributed by atoms with Gasteiger partial charge >= 0.3 is 0 Å². The Bertz CT molecular complexity index is 1460. The van der Waals surface area contributed by atoms with E-state index >= 15 is 0 Å².